The molecule has 1 unspecified atom stereocenters. The van der Waals surface area contributed by atoms with Gasteiger partial charge in [-0.2, -0.15) is 0 Å². The second-order valence-electron chi connectivity index (χ2n) is 8.62. The van der Waals surface area contributed by atoms with Gasteiger partial charge in [-0.3, -0.25) is 4.98 Å². The number of benzene rings is 1. The summed E-state index contributed by atoms with van der Waals surface area (Å²) in [5.74, 6) is -0.0234. The molecule has 0 bridgehead atoms. The second-order valence-corrected chi connectivity index (χ2v) is 9.06. The first-order valence-corrected chi connectivity index (χ1v) is 10.9. The van der Waals surface area contributed by atoms with Crippen LogP contribution in [0.1, 0.15) is 32.3 Å². The number of amides is 2. The third-order valence-electron chi connectivity index (χ3n) is 5.90. The van der Waals surface area contributed by atoms with Gasteiger partial charge in [0, 0.05) is 43.1 Å². The van der Waals surface area contributed by atoms with Crippen LogP contribution < -0.4 is 16.4 Å². The van der Waals surface area contributed by atoms with Crippen LogP contribution in [-0.4, -0.2) is 46.6 Å². The Kier molecular flexibility index (Phi) is 7.56. The van der Waals surface area contributed by atoms with Crippen molar-refractivity contribution in [2.45, 2.75) is 38.1 Å². The molecule has 2 aromatic rings. The first-order valence-electron chi connectivity index (χ1n) is 10.5. The molecule has 3 rings (SSSR count). The van der Waals surface area contributed by atoms with Crippen molar-refractivity contribution in [1.82, 2.24) is 15.2 Å². The number of piperidine rings is 1. The minimum atomic E-state index is -0.260. The Morgan fingerprint density at radius 1 is 1.23 bits per heavy atom. The van der Waals surface area contributed by atoms with Gasteiger partial charge in [0.25, 0.3) is 0 Å². The lowest BCUT2D eigenvalue weighted by Crippen LogP contribution is -2.51. The fourth-order valence-electron chi connectivity index (χ4n) is 3.74. The molecule has 1 aromatic heterocycles. The Morgan fingerprint density at radius 2 is 1.84 bits per heavy atom. The first kappa shape index (κ1) is 23.1. The summed E-state index contributed by atoms with van der Waals surface area (Å²) in [6.07, 6.45) is 4.89. The molecule has 4 N–H and O–H groups in total. The number of anilines is 1. The van der Waals surface area contributed by atoms with E-state index in [1.807, 2.05) is 0 Å². The number of nitrogens with two attached hydrogens (primary N) is 1. The molecule has 1 aliphatic heterocycles. The number of pyridine rings is 1. The molecular weight excluding hydrogens is 413 g/mol. The lowest BCUT2D eigenvalue weighted by Gasteiger charge is -2.35. The number of nitrogens with zero attached hydrogens (tertiary/aromatic N) is 2. The van der Waals surface area contributed by atoms with Gasteiger partial charge in [-0.1, -0.05) is 38.2 Å². The van der Waals surface area contributed by atoms with Crippen molar-refractivity contribution >= 4 is 28.9 Å². The highest BCUT2D eigenvalue weighted by atomic mass is 32.1. The standard InChI is InChI=1S/C23H30FN5OS/c1-23(2,17-3-5-18(24)6-4-17)15-27-21(31)20(25)16-9-13-29(14-10-16)22(30)28-19-7-11-26-12-8-19/h3-8,11-12,16,20H,9-10,13-15,25H2,1-2H3,(H,27,31)(H,26,28,30). The van der Waals surface area contributed by atoms with Crippen LogP contribution in [0.25, 0.3) is 0 Å². The molecule has 6 nitrogen and oxygen atoms in total. The van der Waals surface area contributed by atoms with Gasteiger partial charge in [-0.25, -0.2) is 9.18 Å². The van der Waals surface area contributed by atoms with Gasteiger partial charge >= 0.3 is 6.03 Å². The number of halogens is 1. The van der Waals surface area contributed by atoms with E-state index in [0.717, 1.165) is 24.1 Å². The fraction of sp³-hybridized carbons (Fsp3) is 0.435. The predicted molar refractivity (Wildman–Crippen MR) is 126 cm³/mol. The number of urea groups is 1. The van der Waals surface area contributed by atoms with Gasteiger partial charge < -0.3 is 21.3 Å². The van der Waals surface area contributed by atoms with E-state index in [9.17, 15) is 9.18 Å². The second kappa shape index (κ2) is 10.2. The SMILES string of the molecule is CC(C)(CNC(=S)C(N)C1CCN(C(=O)Nc2ccncc2)CC1)c1ccc(F)cc1. The minimum Gasteiger partial charge on any atom is -0.377 e. The molecule has 0 spiro atoms. The van der Waals surface area contributed by atoms with Crippen LogP contribution in [0.5, 0.6) is 0 Å². The third-order valence-corrected chi connectivity index (χ3v) is 6.32. The molecule has 166 valence electrons. The molecule has 31 heavy (non-hydrogen) atoms. The summed E-state index contributed by atoms with van der Waals surface area (Å²) >= 11 is 5.57. The predicted octanol–water partition coefficient (Wildman–Crippen LogP) is 3.69. The number of carbonyl (C=O) groups is 1. The van der Waals surface area contributed by atoms with Gasteiger partial charge in [-0.05, 0) is 48.6 Å². The van der Waals surface area contributed by atoms with Crippen molar-refractivity contribution in [3.8, 4) is 0 Å². The van der Waals surface area contributed by atoms with Crippen molar-refractivity contribution in [2.75, 3.05) is 25.0 Å². The van der Waals surface area contributed by atoms with E-state index in [4.69, 9.17) is 18.0 Å². The van der Waals surface area contributed by atoms with E-state index in [0.29, 0.717) is 24.6 Å². The van der Waals surface area contributed by atoms with Crippen molar-refractivity contribution in [3.63, 3.8) is 0 Å². The fourth-order valence-corrected chi connectivity index (χ4v) is 4.01. The maximum atomic E-state index is 13.2. The van der Waals surface area contributed by atoms with E-state index in [-0.39, 0.29) is 29.2 Å². The van der Waals surface area contributed by atoms with Crippen LogP contribution in [0.4, 0.5) is 14.9 Å². The number of hydrogen-bond donors (Lipinski definition) is 3. The van der Waals surface area contributed by atoms with Gasteiger partial charge in [0.1, 0.15) is 5.82 Å². The highest BCUT2D eigenvalue weighted by Gasteiger charge is 2.29. The number of carbonyl (C=O) groups excluding carboxylic acids is 1. The van der Waals surface area contributed by atoms with Crippen LogP contribution in [-0.2, 0) is 5.41 Å². The van der Waals surface area contributed by atoms with Crippen LogP contribution in [0.2, 0.25) is 0 Å². The highest BCUT2D eigenvalue weighted by molar-refractivity contribution is 7.80. The number of thiocarbonyl (C=S) groups is 1. The van der Waals surface area contributed by atoms with Crippen LogP contribution >= 0.6 is 12.2 Å². The molecule has 1 saturated heterocycles. The number of nitrogens with one attached hydrogen (secondary N) is 2. The highest BCUT2D eigenvalue weighted by Crippen LogP contribution is 2.24. The molecule has 0 radical (unpaired) electrons. The Bertz CT molecular complexity index is 883. The Morgan fingerprint density at radius 3 is 2.45 bits per heavy atom. The smallest absolute Gasteiger partial charge is 0.321 e. The van der Waals surface area contributed by atoms with E-state index in [1.54, 1.807) is 41.6 Å². The lowest BCUT2D eigenvalue weighted by atomic mass is 9.84. The number of rotatable bonds is 6. The van der Waals surface area contributed by atoms with Crippen molar-refractivity contribution in [3.05, 3.63) is 60.2 Å². The Hall–Kier alpha value is -2.58. The maximum Gasteiger partial charge on any atom is 0.321 e. The molecule has 2 heterocycles. The average molecular weight is 444 g/mol. The number of aromatic nitrogens is 1. The first-order chi connectivity index (χ1) is 14.8. The van der Waals surface area contributed by atoms with E-state index < -0.39 is 0 Å². The van der Waals surface area contributed by atoms with Crippen LogP contribution in [0.3, 0.4) is 0 Å². The number of hydrogen-bond acceptors (Lipinski definition) is 4. The van der Waals surface area contributed by atoms with Crippen molar-refractivity contribution < 1.29 is 9.18 Å². The molecular formula is C23H30FN5OS. The summed E-state index contributed by atoms with van der Waals surface area (Å²) in [5.41, 5.74) is 7.99. The molecule has 0 aliphatic carbocycles. The molecule has 1 fully saturated rings. The monoisotopic (exact) mass is 443 g/mol. The quantitative estimate of drug-likeness (QED) is 0.593. The van der Waals surface area contributed by atoms with Crippen LogP contribution in [0, 0.1) is 11.7 Å². The molecule has 1 atom stereocenters. The zero-order valence-electron chi connectivity index (χ0n) is 18.0. The minimum absolute atomic E-state index is 0.111. The Labute approximate surface area is 188 Å². The third kappa shape index (κ3) is 6.21. The van der Waals surface area contributed by atoms with Gasteiger partial charge in [0.2, 0.25) is 0 Å². The molecule has 8 heteroatoms. The molecule has 1 aromatic carbocycles. The zero-order valence-corrected chi connectivity index (χ0v) is 18.8. The van der Waals surface area contributed by atoms with Gasteiger partial charge in [-0.15, -0.1) is 0 Å². The van der Waals surface area contributed by atoms with Gasteiger partial charge in [0.15, 0.2) is 0 Å². The maximum absolute atomic E-state index is 13.2. The van der Waals surface area contributed by atoms with E-state index in [1.165, 1.54) is 12.1 Å². The summed E-state index contributed by atoms with van der Waals surface area (Å²) in [5, 5.41) is 6.20. The summed E-state index contributed by atoms with van der Waals surface area (Å²) in [6.45, 7) is 6.05. The van der Waals surface area contributed by atoms with Crippen molar-refractivity contribution in [1.29, 1.82) is 0 Å². The largest absolute Gasteiger partial charge is 0.377 e. The average Bonchev–Trinajstić information content (AvgIpc) is 2.78. The molecule has 2 amide bonds. The van der Waals surface area contributed by atoms with Crippen molar-refractivity contribution in [2.24, 2.45) is 11.7 Å². The number of likely N-dealkylation sites (tertiary alicyclic amines) is 1. The zero-order chi connectivity index (χ0) is 22.4. The summed E-state index contributed by atoms with van der Waals surface area (Å²) in [4.78, 5) is 18.8. The topological polar surface area (TPSA) is 83.3 Å². The van der Waals surface area contributed by atoms with Gasteiger partial charge in [0.05, 0.1) is 11.0 Å². The normalized spacial score (nSPS) is 15.9. The van der Waals surface area contributed by atoms with E-state index >= 15 is 0 Å². The van der Waals surface area contributed by atoms with Crippen LogP contribution in [0.15, 0.2) is 48.8 Å². The summed E-state index contributed by atoms with van der Waals surface area (Å²) < 4.78 is 13.2. The summed E-state index contributed by atoms with van der Waals surface area (Å²) in [6, 6.07) is 9.69. The molecule has 1 aliphatic rings. The van der Waals surface area contributed by atoms with E-state index in [2.05, 4.69) is 29.5 Å². The molecule has 0 saturated carbocycles. The lowest BCUT2D eigenvalue weighted by molar-refractivity contribution is 0.180. The summed E-state index contributed by atoms with van der Waals surface area (Å²) in [7, 11) is 0. The Balaban J connectivity index is 1.46.